The van der Waals surface area contributed by atoms with E-state index in [1.165, 1.54) is 17.2 Å². The predicted molar refractivity (Wildman–Crippen MR) is 119 cm³/mol. The Hall–Kier alpha value is -3.81. The molecule has 0 bridgehead atoms. The van der Waals surface area contributed by atoms with Gasteiger partial charge in [-0.15, -0.1) is 0 Å². The number of carbonyl (C=O) groups excluding carboxylic acids is 1. The summed E-state index contributed by atoms with van der Waals surface area (Å²) in [6, 6.07) is 14.8. The van der Waals surface area contributed by atoms with Crippen LogP contribution >= 0.6 is 0 Å². The minimum absolute atomic E-state index is 0.0825. The van der Waals surface area contributed by atoms with Crippen molar-refractivity contribution in [2.24, 2.45) is 10.7 Å². The number of benzene rings is 2. The maximum Gasteiger partial charge on any atom is 0.261 e. The summed E-state index contributed by atoms with van der Waals surface area (Å²) in [4.78, 5) is 23.1. The minimum Gasteiger partial charge on any atom is -0.487 e. The van der Waals surface area contributed by atoms with Crippen LogP contribution in [0.15, 0.2) is 65.8 Å². The molecule has 0 aliphatic carbocycles. The molecule has 1 aromatic heterocycles. The molecule has 5 rings (SSSR count). The Labute approximate surface area is 189 Å². The molecule has 1 amide bonds. The van der Waals surface area contributed by atoms with Crippen molar-refractivity contribution in [2.45, 2.75) is 30.9 Å². The summed E-state index contributed by atoms with van der Waals surface area (Å²) in [5.74, 6) is -0.770. The highest BCUT2D eigenvalue weighted by Gasteiger charge is 2.56. The van der Waals surface area contributed by atoms with E-state index < -0.39 is 17.1 Å². The standard InChI is InChI=1S/C25H22F2N4O2/c1-24(13-16-6-3-4-8-19(16)26)14-25(22(32)31(2)23(28)30-25)18-12-15(9-10-20(18)33-24)17-7-5-11-29-21(17)27/h3-12H,13-14H2,1-2H3,(H2,28,30)/t24-,25-/m1/s1. The van der Waals surface area contributed by atoms with Crippen LogP contribution in [0.5, 0.6) is 5.75 Å². The van der Waals surface area contributed by atoms with Crippen LogP contribution < -0.4 is 10.5 Å². The quantitative estimate of drug-likeness (QED) is 0.618. The van der Waals surface area contributed by atoms with Crippen LogP contribution in [-0.2, 0) is 16.8 Å². The zero-order chi connectivity index (χ0) is 23.4. The first-order chi connectivity index (χ1) is 15.7. The van der Waals surface area contributed by atoms with Gasteiger partial charge in [-0.25, -0.2) is 14.4 Å². The van der Waals surface area contributed by atoms with E-state index in [1.54, 1.807) is 55.6 Å². The molecule has 2 aliphatic heterocycles. The van der Waals surface area contributed by atoms with Gasteiger partial charge in [0.2, 0.25) is 5.95 Å². The molecule has 0 radical (unpaired) electrons. The Kier molecular flexibility index (Phi) is 4.70. The maximum atomic E-state index is 14.4. The molecular formula is C25H22F2N4O2. The Bertz CT molecular complexity index is 1310. The summed E-state index contributed by atoms with van der Waals surface area (Å²) in [5, 5.41) is 0. The number of aromatic nitrogens is 1. The van der Waals surface area contributed by atoms with Crippen LogP contribution in [0.1, 0.15) is 24.5 Å². The Morgan fingerprint density at radius 2 is 1.94 bits per heavy atom. The highest BCUT2D eigenvalue weighted by atomic mass is 19.1. The van der Waals surface area contributed by atoms with E-state index in [1.807, 2.05) is 6.92 Å². The van der Waals surface area contributed by atoms with Crippen LogP contribution in [0.4, 0.5) is 8.78 Å². The normalized spacial score (nSPS) is 23.9. The lowest BCUT2D eigenvalue weighted by molar-refractivity contribution is -0.133. The molecule has 2 aliphatic rings. The maximum absolute atomic E-state index is 14.4. The largest absolute Gasteiger partial charge is 0.487 e. The Morgan fingerprint density at radius 3 is 2.64 bits per heavy atom. The Balaban J connectivity index is 1.66. The number of amides is 1. The molecule has 0 saturated carbocycles. The van der Waals surface area contributed by atoms with Crippen molar-refractivity contribution in [3.05, 3.63) is 83.7 Å². The molecule has 3 aromatic rings. The zero-order valence-corrected chi connectivity index (χ0v) is 18.2. The lowest BCUT2D eigenvalue weighted by Crippen LogP contribution is -2.51. The average molecular weight is 448 g/mol. The fraction of sp³-hybridized carbons (Fsp3) is 0.240. The number of nitrogens with zero attached hydrogens (tertiary/aromatic N) is 3. The van der Waals surface area contributed by atoms with Crippen LogP contribution in [0.3, 0.4) is 0 Å². The molecular weight excluding hydrogens is 426 g/mol. The van der Waals surface area contributed by atoms with Gasteiger partial charge >= 0.3 is 0 Å². The number of ether oxygens (including phenoxy) is 1. The molecule has 33 heavy (non-hydrogen) atoms. The summed E-state index contributed by atoms with van der Waals surface area (Å²) < 4.78 is 35.2. The second-order valence-corrected chi connectivity index (χ2v) is 8.74. The molecule has 0 saturated heterocycles. The second-order valence-electron chi connectivity index (χ2n) is 8.74. The van der Waals surface area contributed by atoms with Gasteiger partial charge in [0.25, 0.3) is 5.91 Å². The van der Waals surface area contributed by atoms with Crippen molar-refractivity contribution in [1.82, 2.24) is 9.88 Å². The summed E-state index contributed by atoms with van der Waals surface area (Å²) in [7, 11) is 1.56. The monoisotopic (exact) mass is 448 g/mol. The van der Waals surface area contributed by atoms with E-state index in [-0.39, 0.29) is 30.5 Å². The summed E-state index contributed by atoms with van der Waals surface area (Å²) in [5.41, 5.74) is 5.55. The molecule has 6 nitrogen and oxygen atoms in total. The van der Waals surface area contributed by atoms with E-state index in [0.29, 0.717) is 28.0 Å². The van der Waals surface area contributed by atoms with Gasteiger partial charge in [0.05, 0.1) is 0 Å². The summed E-state index contributed by atoms with van der Waals surface area (Å²) in [6.45, 7) is 1.83. The number of nitrogens with two attached hydrogens (primary N) is 1. The number of halogens is 2. The number of rotatable bonds is 3. The summed E-state index contributed by atoms with van der Waals surface area (Å²) >= 11 is 0. The first-order valence-corrected chi connectivity index (χ1v) is 10.5. The van der Waals surface area contributed by atoms with Crippen molar-refractivity contribution >= 4 is 11.9 Å². The third kappa shape index (κ3) is 3.33. The average Bonchev–Trinajstić information content (AvgIpc) is 2.99. The highest BCUT2D eigenvalue weighted by Crippen LogP contribution is 2.50. The zero-order valence-electron chi connectivity index (χ0n) is 18.2. The SMILES string of the molecule is CN1C(=O)[C@]2(C[C@@](C)(Cc3ccccc3F)Oc3ccc(-c4cccnc4F)cc32)N=C1N. The number of aliphatic imine (C=N–C) groups is 1. The van der Waals surface area contributed by atoms with Crippen LogP contribution in [0, 0.1) is 11.8 Å². The van der Waals surface area contributed by atoms with Crippen molar-refractivity contribution in [1.29, 1.82) is 0 Å². The molecule has 1 spiro atoms. The number of carbonyl (C=O) groups is 1. The summed E-state index contributed by atoms with van der Waals surface area (Å²) in [6.07, 6.45) is 1.74. The molecule has 168 valence electrons. The molecule has 2 aromatic carbocycles. The number of fused-ring (bicyclic) bond motifs is 2. The number of likely N-dealkylation sites (N-methyl/N-ethyl adjacent to an activating group) is 1. The molecule has 3 heterocycles. The topological polar surface area (TPSA) is 80.8 Å². The highest BCUT2D eigenvalue weighted by molar-refractivity contribution is 6.07. The number of pyridine rings is 1. The smallest absolute Gasteiger partial charge is 0.261 e. The molecule has 2 N–H and O–H groups in total. The molecule has 8 heteroatoms. The van der Waals surface area contributed by atoms with Crippen LogP contribution in [0.25, 0.3) is 11.1 Å². The third-order valence-electron chi connectivity index (χ3n) is 6.31. The van der Waals surface area contributed by atoms with Crippen molar-refractivity contribution in [3.63, 3.8) is 0 Å². The van der Waals surface area contributed by atoms with Gasteiger partial charge in [0.1, 0.15) is 17.2 Å². The van der Waals surface area contributed by atoms with Crippen molar-refractivity contribution < 1.29 is 18.3 Å². The Morgan fingerprint density at radius 1 is 1.15 bits per heavy atom. The van der Waals surface area contributed by atoms with Gasteiger partial charge in [0.15, 0.2) is 11.5 Å². The fourth-order valence-corrected chi connectivity index (χ4v) is 4.78. The van der Waals surface area contributed by atoms with Gasteiger partial charge in [-0.05, 0) is 48.4 Å². The first-order valence-electron chi connectivity index (χ1n) is 10.5. The first kappa shape index (κ1) is 21.1. The number of hydrogen-bond acceptors (Lipinski definition) is 5. The van der Waals surface area contributed by atoms with Crippen LogP contribution in [-0.4, -0.2) is 34.4 Å². The lowest BCUT2D eigenvalue weighted by Gasteiger charge is -2.43. The molecule has 0 fully saturated rings. The fourth-order valence-electron chi connectivity index (χ4n) is 4.78. The predicted octanol–water partition coefficient (Wildman–Crippen LogP) is 3.79. The third-order valence-corrected chi connectivity index (χ3v) is 6.31. The lowest BCUT2D eigenvalue weighted by atomic mass is 9.74. The second kappa shape index (κ2) is 7.37. The van der Waals surface area contributed by atoms with E-state index in [4.69, 9.17) is 10.5 Å². The van der Waals surface area contributed by atoms with E-state index in [0.717, 1.165) is 0 Å². The number of guanidine groups is 1. The van der Waals surface area contributed by atoms with Crippen LogP contribution in [0.2, 0.25) is 0 Å². The van der Waals surface area contributed by atoms with Crippen molar-refractivity contribution in [2.75, 3.05) is 7.05 Å². The van der Waals surface area contributed by atoms with Gasteiger partial charge in [-0.3, -0.25) is 9.69 Å². The van der Waals surface area contributed by atoms with Gasteiger partial charge in [0, 0.05) is 37.2 Å². The van der Waals surface area contributed by atoms with Gasteiger partial charge < -0.3 is 10.5 Å². The van der Waals surface area contributed by atoms with E-state index in [2.05, 4.69) is 9.98 Å². The van der Waals surface area contributed by atoms with Crippen molar-refractivity contribution in [3.8, 4) is 16.9 Å². The van der Waals surface area contributed by atoms with E-state index >= 15 is 0 Å². The number of hydrogen-bond donors (Lipinski definition) is 1. The van der Waals surface area contributed by atoms with E-state index in [9.17, 15) is 13.6 Å². The molecule has 0 unspecified atom stereocenters. The molecule has 2 atom stereocenters. The minimum atomic E-state index is -1.36. The van der Waals surface area contributed by atoms with Gasteiger partial charge in [-0.1, -0.05) is 24.3 Å². The van der Waals surface area contributed by atoms with Gasteiger partial charge in [-0.2, -0.15) is 4.39 Å².